The number of nitrogens with zero attached hydrogens (tertiary/aromatic N) is 3. The van der Waals surface area contributed by atoms with Gasteiger partial charge in [-0.25, -0.2) is 15.0 Å². The molecule has 0 saturated carbocycles. The predicted octanol–water partition coefficient (Wildman–Crippen LogP) is 1.41. The van der Waals surface area contributed by atoms with Crippen LogP contribution >= 0.6 is 0 Å². The molecule has 0 aliphatic carbocycles. The summed E-state index contributed by atoms with van der Waals surface area (Å²) < 4.78 is 10.5. The van der Waals surface area contributed by atoms with E-state index in [0.29, 0.717) is 11.6 Å². The number of anilines is 1. The van der Waals surface area contributed by atoms with Crippen molar-refractivity contribution < 1.29 is 9.47 Å². The van der Waals surface area contributed by atoms with Crippen molar-refractivity contribution in [1.82, 2.24) is 19.9 Å². The zero-order valence-electron chi connectivity index (χ0n) is 11.4. The van der Waals surface area contributed by atoms with Crippen LogP contribution in [0.4, 0.5) is 5.82 Å². The van der Waals surface area contributed by atoms with Gasteiger partial charge in [-0.05, 0) is 6.42 Å². The van der Waals surface area contributed by atoms with Gasteiger partial charge in [0.15, 0.2) is 17.8 Å². The number of fused-ring (bicyclic) bond motifs is 1. The van der Waals surface area contributed by atoms with E-state index in [0.717, 1.165) is 24.3 Å². The molecule has 7 nitrogen and oxygen atoms in total. The Kier molecular flexibility index (Phi) is 4.64. The fourth-order valence-corrected chi connectivity index (χ4v) is 2.01. The Balaban J connectivity index is 1.90. The summed E-state index contributed by atoms with van der Waals surface area (Å²) in [7, 11) is 3.30. The van der Waals surface area contributed by atoms with Crippen LogP contribution in [0, 0.1) is 5.92 Å². The van der Waals surface area contributed by atoms with Gasteiger partial charge in [-0.15, -0.1) is 0 Å². The number of H-pyrrole nitrogens is 1. The van der Waals surface area contributed by atoms with Crippen molar-refractivity contribution in [3.63, 3.8) is 0 Å². The second-order valence-electron chi connectivity index (χ2n) is 4.36. The van der Waals surface area contributed by atoms with Gasteiger partial charge in [-0.3, -0.25) is 0 Å². The van der Waals surface area contributed by atoms with Crippen molar-refractivity contribution >= 4 is 17.0 Å². The Hall–Kier alpha value is -1.73. The molecule has 1 unspecified atom stereocenters. The van der Waals surface area contributed by atoms with Crippen molar-refractivity contribution in [3.05, 3.63) is 12.7 Å². The minimum Gasteiger partial charge on any atom is -0.368 e. The van der Waals surface area contributed by atoms with Crippen molar-refractivity contribution in [2.24, 2.45) is 5.92 Å². The molecule has 0 bridgehead atoms. The maximum atomic E-state index is 5.23. The summed E-state index contributed by atoms with van der Waals surface area (Å²) in [5.41, 5.74) is 1.49. The van der Waals surface area contributed by atoms with Crippen LogP contribution in [0.1, 0.15) is 13.3 Å². The van der Waals surface area contributed by atoms with E-state index in [4.69, 9.17) is 9.47 Å². The Bertz CT molecular complexity index is 512. The highest BCUT2D eigenvalue weighted by Crippen LogP contribution is 2.16. The lowest BCUT2D eigenvalue weighted by molar-refractivity contribution is -0.133. The topological polar surface area (TPSA) is 84.9 Å². The predicted molar refractivity (Wildman–Crippen MR) is 71.8 cm³/mol. The fourth-order valence-electron chi connectivity index (χ4n) is 2.01. The number of nitrogens with one attached hydrogen (secondary N) is 2. The molecule has 2 N–H and O–H groups in total. The molecule has 2 heterocycles. The SMILES string of the molecule is COC(OC)C(C)CCNc1ncnc2nc[nH]c12. The number of hydrogen-bond donors (Lipinski definition) is 2. The molecule has 2 rings (SSSR count). The molecule has 2 aromatic heterocycles. The zero-order chi connectivity index (χ0) is 13.7. The molecule has 0 amide bonds. The Morgan fingerprint density at radius 2 is 2.05 bits per heavy atom. The molecule has 19 heavy (non-hydrogen) atoms. The maximum absolute atomic E-state index is 5.23. The second-order valence-corrected chi connectivity index (χ2v) is 4.36. The third kappa shape index (κ3) is 3.18. The van der Waals surface area contributed by atoms with Gasteiger partial charge in [0, 0.05) is 26.7 Å². The molecule has 104 valence electrons. The molecule has 2 aromatic rings. The summed E-state index contributed by atoms with van der Waals surface area (Å²) >= 11 is 0. The van der Waals surface area contributed by atoms with Gasteiger partial charge in [0.1, 0.15) is 11.8 Å². The first-order chi connectivity index (χ1) is 9.26. The van der Waals surface area contributed by atoms with Gasteiger partial charge in [-0.1, -0.05) is 6.92 Å². The van der Waals surface area contributed by atoms with E-state index in [2.05, 4.69) is 32.2 Å². The lowest BCUT2D eigenvalue weighted by Gasteiger charge is -2.21. The number of imidazole rings is 1. The molecular weight excluding hydrogens is 246 g/mol. The van der Waals surface area contributed by atoms with Crippen LogP contribution < -0.4 is 5.32 Å². The van der Waals surface area contributed by atoms with Crippen molar-refractivity contribution in [2.75, 3.05) is 26.1 Å². The summed E-state index contributed by atoms with van der Waals surface area (Å²) in [6.45, 7) is 2.86. The summed E-state index contributed by atoms with van der Waals surface area (Å²) in [6, 6.07) is 0. The van der Waals surface area contributed by atoms with Crippen LogP contribution in [0.3, 0.4) is 0 Å². The van der Waals surface area contributed by atoms with E-state index in [1.807, 2.05) is 0 Å². The average Bonchev–Trinajstić information content (AvgIpc) is 2.89. The first-order valence-electron chi connectivity index (χ1n) is 6.19. The highest BCUT2D eigenvalue weighted by atomic mass is 16.7. The molecule has 0 saturated heterocycles. The number of aromatic amines is 1. The van der Waals surface area contributed by atoms with Gasteiger partial charge < -0.3 is 19.8 Å². The molecule has 1 atom stereocenters. The Morgan fingerprint density at radius 3 is 2.79 bits per heavy atom. The average molecular weight is 265 g/mol. The van der Waals surface area contributed by atoms with Crippen molar-refractivity contribution in [1.29, 1.82) is 0 Å². The molecule has 7 heteroatoms. The molecule has 0 spiro atoms. The smallest absolute Gasteiger partial charge is 0.182 e. The molecule has 0 radical (unpaired) electrons. The van der Waals surface area contributed by atoms with Gasteiger partial charge >= 0.3 is 0 Å². The van der Waals surface area contributed by atoms with Gasteiger partial charge in [0.2, 0.25) is 0 Å². The van der Waals surface area contributed by atoms with Crippen LogP contribution in [0.5, 0.6) is 0 Å². The second kappa shape index (κ2) is 6.44. The minimum atomic E-state index is -0.181. The van der Waals surface area contributed by atoms with Gasteiger partial charge in [-0.2, -0.15) is 0 Å². The Labute approximate surface area is 111 Å². The monoisotopic (exact) mass is 265 g/mol. The zero-order valence-corrected chi connectivity index (χ0v) is 11.4. The van der Waals surface area contributed by atoms with E-state index >= 15 is 0 Å². The van der Waals surface area contributed by atoms with E-state index < -0.39 is 0 Å². The molecule has 0 aliphatic heterocycles. The number of aromatic nitrogens is 4. The standard InChI is InChI=1S/C12H19N5O2/c1-8(12(18-2)19-3)4-5-13-10-9-11(15-6-14-9)17-7-16-10/h6-8,12H,4-5H2,1-3H3,(H2,13,14,15,16,17). The third-order valence-electron chi connectivity index (χ3n) is 3.04. The fraction of sp³-hybridized carbons (Fsp3) is 0.583. The maximum Gasteiger partial charge on any atom is 0.182 e. The van der Waals surface area contributed by atoms with E-state index in [9.17, 15) is 0 Å². The van der Waals surface area contributed by atoms with Gasteiger partial charge in [0.05, 0.1) is 6.33 Å². The summed E-state index contributed by atoms with van der Waals surface area (Å²) in [5, 5.41) is 3.27. The third-order valence-corrected chi connectivity index (χ3v) is 3.04. The first-order valence-corrected chi connectivity index (χ1v) is 6.19. The van der Waals surface area contributed by atoms with Crippen LogP contribution in [0.25, 0.3) is 11.2 Å². The minimum absolute atomic E-state index is 0.181. The largest absolute Gasteiger partial charge is 0.368 e. The van der Waals surface area contributed by atoms with Crippen molar-refractivity contribution in [2.45, 2.75) is 19.6 Å². The highest BCUT2D eigenvalue weighted by Gasteiger charge is 2.15. The van der Waals surface area contributed by atoms with Crippen LogP contribution in [-0.4, -0.2) is 47.0 Å². The van der Waals surface area contributed by atoms with Crippen LogP contribution in [0.2, 0.25) is 0 Å². The van der Waals surface area contributed by atoms with Crippen LogP contribution in [0.15, 0.2) is 12.7 Å². The quantitative estimate of drug-likeness (QED) is 0.736. The summed E-state index contributed by atoms with van der Waals surface area (Å²) in [6.07, 6.45) is 3.84. The number of ether oxygens (including phenoxy) is 2. The van der Waals surface area contributed by atoms with Crippen LogP contribution in [-0.2, 0) is 9.47 Å². The molecular formula is C12H19N5O2. The number of methoxy groups -OCH3 is 2. The Morgan fingerprint density at radius 1 is 1.26 bits per heavy atom. The van der Waals surface area contributed by atoms with E-state index in [1.54, 1.807) is 20.5 Å². The highest BCUT2D eigenvalue weighted by molar-refractivity contribution is 5.81. The number of rotatable bonds is 7. The summed E-state index contributed by atoms with van der Waals surface area (Å²) in [4.78, 5) is 15.4. The lowest BCUT2D eigenvalue weighted by atomic mass is 10.1. The summed E-state index contributed by atoms with van der Waals surface area (Å²) in [5.74, 6) is 1.06. The van der Waals surface area contributed by atoms with Crippen molar-refractivity contribution in [3.8, 4) is 0 Å². The first kappa shape index (κ1) is 13.7. The van der Waals surface area contributed by atoms with Gasteiger partial charge in [0.25, 0.3) is 0 Å². The molecule has 0 aliphatic rings. The van der Waals surface area contributed by atoms with E-state index in [-0.39, 0.29) is 6.29 Å². The lowest BCUT2D eigenvalue weighted by Crippen LogP contribution is -2.24. The number of hydrogen-bond acceptors (Lipinski definition) is 6. The normalized spacial score (nSPS) is 13.1. The molecule has 0 fully saturated rings. The van der Waals surface area contributed by atoms with E-state index in [1.165, 1.54) is 6.33 Å². The molecule has 0 aromatic carbocycles.